The van der Waals surface area contributed by atoms with Crippen LogP contribution in [0, 0.1) is 23.7 Å². The third-order valence-electron chi connectivity index (χ3n) is 3.02. The number of hydrogen-bond donors (Lipinski definition) is 0. The van der Waals surface area contributed by atoms with E-state index >= 15 is 0 Å². The van der Waals surface area contributed by atoms with E-state index in [-0.39, 0.29) is 24.3 Å². The second-order valence-corrected chi connectivity index (χ2v) is 6.25. The van der Waals surface area contributed by atoms with Crippen LogP contribution in [0.3, 0.4) is 0 Å². The smallest absolute Gasteiger partial charge is 0.309 e. The molecule has 1 aliphatic carbocycles. The Balaban J connectivity index is 2.39. The monoisotopic (exact) mass is 270 g/mol. The summed E-state index contributed by atoms with van der Waals surface area (Å²) in [6.07, 6.45) is 2.19. The van der Waals surface area contributed by atoms with E-state index in [1.807, 2.05) is 27.7 Å². The highest BCUT2D eigenvalue weighted by Gasteiger charge is 2.39. The number of esters is 2. The lowest BCUT2D eigenvalue weighted by atomic mass is 10.00. The Morgan fingerprint density at radius 1 is 1.00 bits per heavy atom. The van der Waals surface area contributed by atoms with Gasteiger partial charge in [0.15, 0.2) is 0 Å². The maximum atomic E-state index is 12.0. The Kier molecular flexibility index (Phi) is 6.32. The van der Waals surface area contributed by atoms with E-state index in [4.69, 9.17) is 9.47 Å². The molecule has 1 rings (SSSR count). The first-order chi connectivity index (χ1) is 8.90. The molecule has 0 saturated heterocycles. The lowest BCUT2D eigenvalue weighted by molar-refractivity contribution is -0.157. The molecule has 4 heteroatoms. The highest BCUT2D eigenvalue weighted by Crippen LogP contribution is 2.39. The van der Waals surface area contributed by atoms with Crippen LogP contribution in [0.2, 0.25) is 0 Å². The van der Waals surface area contributed by atoms with E-state index in [9.17, 15) is 9.59 Å². The van der Waals surface area contributed by atoms with Gasteiger partial charge in [-0.15, -0.1) is 0 Å². The summed E-state index contributed by atoms with van der Waals surface area (Å²) in [4.78, 5) is 23.7. The van der Waals surface area contributed by atoms with Gasteiger partial charge < -0.3 is 9.47 Å². The fourth-order valence-electron chi connectivity index (χ4n) is 1.79. The molecule has 1 atom stereocenters. The van der Waals surface area contributed by atoms with Gasteiger partial charge in [-0.05, 0) is 30.6 Å². The van der Waals surface area contributed by atoms with Gasteiger partial charge in [0.2, 0.25) is 0 Å². The maximum absolute atomic E-state index is 12.0. The molecule has 0 N–H and O–H groups in total. The largest absolute Gasteiger partial charge is 0.465 e. The number of carbonyl (C=O) groups excluding carboxylic acids is 2. The number of rotatable bonds is 8. The molecule has 1 aliphatic rings. The van der Waals surface area contributed by atoms with E-state index in [1.54, 1.807) is 0 Å². The molecule has 0 aromatic rings. The average Bonchev–Trinajstić information content (AvgIpc) is 3.14. The zero-order chi connectivity index (χ0) is 14.4. The molecular weight excluding hydrogens is 244 g/mol. The predicted octanol–water partition coefficient (Wildman–Crippen LogP) is 2.80. The summed E-state index contributed by atoms with van der Waals surface area (Å²) in [6, 6.07) is 0. The third-order valence-corrected chi connectivity index (χ3v) is 3.02. The Labute approximate surface area is 115 Å². The zero-order valence-electron chi connectivity index (χ0n) is 12.5. The van der Waals surface area contributed by atoms with Gasteiger partial charge in [0, 0.05) is 0 Å². The fraction of sp³-hybridized carbons (Fsp3) is 0.867. The summed E-state index contributed by atoms with van der Waals surface area (Å²) in [5, 5.41) is 0. The molecule has 0 aromatic heterocycles. The number of ether oxygens (including phenoxy) is 2. The molecule has 110 valence electrons. The second kappa shape index (κ2) is 7.51. The van der Waals surface area contributed by atoms with Crippen molar-refractivity contribution in [3.63, 3.8) is 0 Å². The minimum Gasteiger partial charge on any atom is -0.465 e. The van der Waals surface area contributed by atoms with Crippen LogP contribution in [0.15, 0.2) is 0 Å². The molecule has 1 fully saturated rings. The molecule has 0 aliphatic heterocycles. The van der Waals surface area contributed by atoms with Crippen LogP contribution in [0.5, 0.6) is 0 Å². The van der Waals surface area contributed by atoms with Crippen LogP contribution in [0.1, 0.15) is 47.0 Å². The molecular formula is C15H26O4. The fourth-order valence-corrected chi connectivity index (χ4v) is 1.79. The van der Waals surface area contributed by atoms with E-state index in [2.05, 4.69) is 0 Å². The highest BCUT2D eigenvalue weighted by molar-refractivity contribution is 5.80. The summed E-state index contributed by atoms with van der Waals surface area (Å²) in [5.41, 5.74) is 0. The molecule has 1 saturated carbocycles. The maximum Gasteiger partial charge on any atom is 0.309 e. The molecule has 0 heterocycles. The third kappa shape index (κ3) is 6.60. The summed E-state index contributed by atoms with van der Waals surface area (Å²) in [7, 11) is 0. The van der Waals surface area contributed by atoms with Crippen molar-refractivity contribution in [2.75, 3.05) is 13.2 Å². The van der Waals surface area contributed by atoms with Crippen molar-refractivity contribution >= 4 is 11.9 Å². The molecule has 4 nitrogen and oxygen atoms in total. The zero-order valence-corrected chi connectivity index (χ0v) is 12.5. The quantitative estimate of drug-likeness (QED) is 0.636. The topological polar surface area (TPSA) is 52.6 Å². The minimum atomic E-state index is -0.307. The molecule has 0 aromatic carbocycles. The van der Waals surface area contributed by atoms with Crippen molar-refractivity contribution < 1.29 is 19.1 Å². The van der Waals surface area contributed by atoms with Gasteiger partial charge in [-0.25, -0.2) is 0 Å². The van der Waals surface area contributed by atoms with Crippen molar-refractivity contribution in [3.05, 3.63) is 0 Å². The lowest BCUT2D eigenvalue weighted by Crippen LogP contribution is -2.25. The van der Waals surface area contributed by atoms with Gasteiger partial charge in [-0.2, -0.15) is 0 Å². The minimum absolute atomic E-state index is 0.161. The number of hydrogen-bond acceptors (Lipinski definition) is 4. The Morgan fingerprint density at radius 2 is 1.53 bits per heavy atom. The molecule has 0 radical (unpaired) electrons. The van der Waals surface area contributed by atoms with Gasteiger partial charge in [0.25, 0.3) is 0 Å². The summed E-state index contributed by atoms with van der Waals surface area (Å²) >= 11 is 0. The lowest BCUT2D eigenvalue weighted by Gasteiger charge is -2.16. The van der Waals surface area contributed by atoms with E-state index in [1.165, 1.54) is 0 Å². The van der Waals surface area contributed by atoms with Crippen LogP contribution < -0.4 is 0 Å². The van der Waals surface area contributed by atoms with Crippen molar-refractivity contribution in [1.29, 1.82) is 0 Å². The summed E-state index contributed by atoms with van der Waals surface area (Å²) in [6.45, 7) is 8.80. The molecule has 0 amide bonds. The number of carbonyl (C=O) groups is 2. The van der Waals surface area contributed by atoms with Gasteiger partial charge in [0.05, 0.1) is 25.6 Å². The van der Waals surface area contributed by atoms with Crippen LogP contribution in [0.4, 0.5) is 0 Å². The molecule has 19 heavy (non-hydrogen) atoms. The van der Waals surface area contributed by atoms with Gasteiger partial charge in [-0.1, -0.05) is 27.7 Å². The first-order valence-electron chi connectivity index (χ1n) is 7.22. The van der Waals surface area contributed by atoms with Crippen molar-refractivity contribution in [1.82, 2.24) is 0 Å². The Bertz CT molecular complexity index is 305. The summed E-state index contributed by atoms with van der Waals surface area (Å²) < 4.78 is 10.4. The average molecular weight is 270 g/mol. The second-order valence-electron chi connectivity index (χ2n) is 6.25. The van der Waals surface area contributed by atoms with E-state index in [0.29, 0.717) is 31.0 Å². The van der Waals surface area contributed by atoms with Gasteiger partial charge in [0.1, 0.15) is 0 Å². The normalized spacial score (nSPS) is 16.5. The first-order valence-corrected chi connectivity index (χ1v) is 7.22. The SMILES string of the molecule is CC(C)COC(=O)CC(C(=O)OCC(C)C)C1CC1. The van der Waals surface area contributed by atoms with E-state index < -0.39 is 0 Å². The molecule has 0 spiro atoms. The van der Waals surface area contributed by atoms with Crippen LogP contribution in [-0.4, -0.2) is 25.2 Å². The predicted molar refractivity (Wildman–Crippen MR) is 72.4 cm³/mol. The van der Waals surface area contributed by atoms with Gasteiger partial charge >= 0.3 is 11.9 Å². The van der Waals surface area contributed by atoms with E-state index in [0.717, 1.165) is 12.8 Å². The molecule has 0 bridgehead atoms. The van der Waals surface area contributed by atoms with Crippen LogP contribution in [-0.2, 0) is 19.1 Å². The van der Waals surface area contributed by atoms with Gasteiger partial charge in [-0.3, -0.25) is 9.59 Å². The van der Waals surface area contributed by atoms with Crippen molar-refractivity contribution in [2.45, 2.75) is 47.0 Å². The Morgan fingerprint density at radius 3 is 2.00 bits per heavy atom. The van der Waals surface area contributed by atoms with Crippen molar-refractivity contribution in [3.8, 4) is 0 Å². The van der Waals surface area contributed by atoms with Crippen molar-refractivity contribution in [2.24, 2.45) is 23.7 Å². The van der Waals surface area contributed by atoms with Crippen LogP contribution >= 0.6 is 0 Å². The highest BCUT2D eigenvalue weighted by atomic mass is 16.5. The van der Waals surface area contributed by atoms with Crippen LogP contribution in [0.25, 0.3) is 0 Å². The molecule has 1 unspecified atom stereocenters. The standard InChI is InChI=1S/C15H26O4/c1-10(2)8-18-14(16)7-13(12-5-6-12)15(17)19-9-11(3)4/h10-13H,5-9H2,1-4H3. The Hall–Kier alpha value is -1.06. The first kappa shape index (κ1) is 16.0. The summed E-state index contributed by atoms with van der Waals surface area (Å²) in [5.74, 6) is 0.113.